The number of hydrogen-bond acceptors (Lipinski definition) is 5. The maximum absolute atomic E-state index is 5.94. The molecule has 1 aliphatic carbocycles. The van der Waals surface area contributed by atoms with E-state index >= 15 is 0 Å². The van der Waals surface area contributed by atoms with Crippen molar-refractivity contribution in [3.05, 3.63) is 41.9 Å². The third kappa shape index (κ3) is 5.84. The quantitative estimate of drug-likeness (QED) is 0.367. The Balaban J connectivity index is 0.00000256. The SMILES string of the molecule is CN=C(NCc1ccc(OC2CCCC2)nc1)N1CCOC(c2cnn(C)c2)C1.I. The van der Waals surface area contributed by atoms with Crippen molar-refractivity contribution in [3.8, 4) is 5.88 Å². The van der Waals surface area contributed by atoms with Crippen LogP contribution in [0.2, 0.25) is 0 Å². The zero-order valence-electron chi connectivity index (χ0n) is 17.7. The zero-order chi connectivity index (χ0) is 20.1. The first kappa shape index (κ1) is 22.8. The molecule has 0 bridgehead atoms. The standard InChI is InChI=1S/C21H30N6O2.HI/c1-22-21(27-9-10-28-19(15-27)17-13-25-26(2)14-17)24-12-16-7-8-20(23-11-16)29-18-5-3-4-6-18;/h7-8,11,13-14,18-19H,3-6,9-10,12,15H2,1-2H3,(H,22,24);1H. The molecule has 1 aliphatic heterocycles. The maximum atomic E-state index is 5.94. The number of morpholine rings is 1. The van der Waals surface area contributed by atoms with Crippen molar-refractivity contribution >= 4 is 29.9 Å². The molecule has 3 heterocycles. The molecular weight excluding hydrogens is 495 g/mol. The minimum atomic E-state index is 0. The van der Waals surface area contributed by atoms with Crippen LogP contribution >= 0.6 is 24.0 Å². The Morgan fingerprint density at radius 3 is 2.80 bits per heavy atom. The van der Waals surface area contributed by atoms with Crippen molar-refractivity contribution in [1.82, 2.24) is 25.0 Å². The lowest BCUT2D eigenvalue weighted by Gasteiger charge is -2.34. The van der Waals surface area contributed by atoms with Gasteiger partial charge in [0.15, 0.2) is 5.96 Å². The number of aliphatic imine (C=N–C) groups is 1. The molecule has 1 N–H and O–H groups in total. The summed E-state index contributed by atoms with van der Waals surface area (Å²) in [4.78, 5) is 11.2. The molecule has 0 spiro atoms. The topological polar surface area (TPSA) is 76.8 Å². The molecule has 8 nitrogen and oxygen atoms in total. The number of ether oxygens (including phenoxy) is 2. The number of rotatable bonds is 5. The Morgan fingerprint density at radius 1 is 1.30 bits per heavy atom. The predicted molar refractivity (Wildman–Crippen MR) is 126 cm³/mol. The number of hydrogen-bond donors (Lipinski definition) is 1. The number of aryl methyl sites for hydroxylation is 1. The van der Waals surface area contributed by atoms with Gasteiger partial charge in [0, 0.05) is 51.2 Å². The first-order valence-electron chi connectivity index (χ1n) is 10.4. The number of guanidine groups is 1. The Morgan fingerprint density at radius 2 is 2.13 bits per heavy atom. The van der Waals surface area contributed by atoms with Crippen molar-refractivity contribution in [1.29, 1.82) is 0 Å². The Labute approximate surface area is 195 Å². The Bertz CT molecular complexity index is 819. The van der Waals surface area contributed by atoms with Crippen LogP contribution in [0, 0.1) is 0 Å². The lowest BCUT2D eigenvalue weighted by molar-refractivity contribution is -0.00805. The van der Waals surface area contributed by atoms with Crippen molar-refractivity contribution < 1.29 is 9.47 Å². The van der Waals surface area contributed by atoms with E-state index < -0.39 is 0 Å². The fourth-order valence-corrected chi connectivity index (χ4v) is 3.93. The van der Waals surface area contributed by atoms with Crippen molar-refractivity contribution in [2.75, 3.05) is 26.7 Å². The smallest absolute Gasteiger partial charge is 0.213 e. The Kier molecular flexibility index (Phi) is 8.32. The Hall–Kier alpha value is -1.88. The molecule has 0 aromatic carbocycles. The highest BCUT2D eigenvalue weighted by Gasteiger charge is 2.25. The monoisotopic (exact) mass is 526 g/mol. The lowest BCUT2D eigenvalue weighted by atomic mass is 10.1. The summed E-state index contributed by atoms with van der Waals surface area (Å²) in [5.41, 5.74) is 2.19. The third-order valence-corrected chi connectivity index (χ3v) is 5.51. The van der Waals surface area contributed by atoms with Gasteiger partial charge in [-0.3, -0.25) is 9.67 Å². The van der Waals surface area contributed by atoms with E-state index in [0.29, 0.717) is 19.3 Å². The maximum Gasteiger partial charge on any atom is 0.213 e. The molecule has 30 heavy (non-hydrogen) atoms. The highest BCUT2D eigenvalue weighted by molar-refractivity contribution is 14.0. The predicted octanol–water partition coefficient (Wildman–Crippen LogP) is 2.90. The van der Waals surface area contributed by atoms with E-state index in [4.69, 9.17) is 9.47 Å². The minimum absolute atomic E-state index is 0. The summed E-state index contributed by atoms with van der Waals surface area (Å²) >= 11 is 0. The van der Waals surface area contributed by atoms with Gasteiger partial charge in [-0.1, -0.05) is 6.07 Å². The summed E-state index contributed by atoms with van der Waals surface area (Å²) in [6.07, 6.45) is 10.9. The van der Waals surface area contributed by atoms with E-state index in [9.17, 15) is 0 Å². The fourth-order valence-electron chi connectivity index (χ4n) is 3.93. The molecule has 1 saturated carbocycles. The molecule has 2 fully saturated rings. The van der Waals surface area contributed by atoms with Gasteiger partial charge in [0.1, 0.15) is 12.2 Å². The molecule has 9 heteroatoms. The molecule has 2 aromatic rings. The van der Waals surface area contributed by atoms with Crippen LogP contribution in [-0.2, 0) is 18.3 Å². The molecule has 2 aromatic heterocycles. The highest BCUT2D eigenvalue weighted by atomic mass is 127. The summed E-state index contributed by atoms with van der Waals surface area (Å²) in [5.74, 6) is 1.59. The summed E-state index contributed by atoms with van der Waals surface area (Å²) in [5, 5.41) is 7.70. The average Bonchev–Trinajstić information content (AvgIpc) is 3.42. The summed E-state index contributed by atoms with van der Waals surface area (Å²) in [6.45, 7) is 2.88. The lowest BCUT2D eigenvalue weighted by Crippen LogP contribution is -2.47. The second-order valence-corrected chi connectivity index (χ2v) is 7.68. The molecule has 2 aliphatic rings. The average molecular weight is 526 g/mol. The van der Waals surface area contributed by atoms with E-state index in [0.717, 1.165) is 48.9 Å². The first-order chi connectivity index (χ1) is 14.2. The van der Waals surface area contributed by atoms with Crippen LogP contribution in [0.4, 0.5) is 0 Å². The summed E-state index contributed by atoms with van der Waals surface area (Å²) in [6, 6.07) is 4.03. The van der Waals surface area contributed by atoms with E-state index in [1.807, 2.05) is 38.8 Å². The van der Waals surface area contributed by atoms with Crippen molar-refractivity contribution in [3.63, 3.8) is 0 Å². The first-order valence-corrected chi connectivity index (χ1v) is 10.4. The van der Waals surface area contributed by atoms with Gasteiger partial charge in [-0.05, 0) is 31.2 Å². The van der Waals surface area contributed by atoms with Gasteiger partial charge in [-0.25, -0.2) is 4.98 Å². The van der Waals surface area contributed by atoms with Gasteiger partial charge >= 0.3 is 0 Å². The largest absolute Gasteiger partial charge is 0.474 e. The molecule has 4 rings (SSSR count). The van der Waals surface area contributed by atoms with Crippen LogP contribution in [0.3, 0.4) is 0 Å². The number of aromatic nitrogens is 3. The number of nitrogens with one attached hydrogen (secondary N) is 1. The number of pyridine rings is 1. The van der Waals surface area contributed by atoms with Crippen LogP contribution < -0.4 is 10.1 Å². The number of nitrogens with zero attached hydrogens (tertiary/aromatic N) is 5. The third-order valence-electron chi connectivity index (χ3n) is 5.51. The van der Waals surface area contributed by atoms with Crippen molar-refractivity contribution in [2.45, 2.75) is 44.4 Å². The van der Waals surface area contributed by atoms with E-state index in [1.54, 1.807) is 4.68 Å². The van der Waals surface area contributed by atoms with Crippen LogP contribution in [-0.4, -0.2) is 58.5 Å². The van der Waals surface area contributed by atoms with E-state index in [1.165, 1.54) is 12.8 Å². The fraction of sp³-hybridized carbons (Fsp3) is 0.571. The summed E-state index contributed by atoms with van der Waals surface area (Å²) < 4.78 is 13.7. The summed E-state index contributed by atoms with van der Waals surface area (Å²) in [7, 11) is 3.73. The van der Waals surface area contributed by atoms with Gasteiger partial charge in [0.05, 0.1) is 19.3 Å². The second kappa shape index (κ2) is 10.9. The molecule has 0 amide bonds. The van der Waals surface area contributed by atoms with Crippen LogP contribution in [0.5, 0.6) is 5.88 Å². The van der Waals surface area contributed by atoms with E-state index in [2.05, 4.69) is 31.4 Å². The van der Waals surface area contributed by atoms with E-state index in [-0.39, 0.29) is 30.1 Å². The van der Waals surface area contributed by atoms with Gasteiger partial charge in [0.25, 0.3) is 0 Å². The van der Waals surface area contributed by atoms with Crippen LogP contribution in [0.15, 0.2) is 35.7 Å². The van der Waals surface area contributed by atoms with Gasteiger partial charge < -0.3 is 19.7 Å². The van der Waals surface area contributed by atoms with Gasteiger partial charge in [-0.2, -0.15) is 5.10 Å². The van der Waals surface area contributed by atoms with Gasteiger partial charge in [-0.15, -0.1) is 24.0 Å². The van der Waals surface area contributed by atoms with Crippen molar-refractivity contribution in [2.24, 2.45) is 12.0 Å². The van der Waals surface area contributed by atoms with Crippen LogP contribution in [0.25, 0.3) is 0 Å². The van der Waals surface area contributed by atoms with Gasteiger partial charge in [0.2, 0.25) is 5.88 Å². The molecule has 164 valence electrons. The number of halogens is 1. The molecular formula is C21H31IN6O2. The normalized spacial score (nSPS) is 20.1. The zero-order valence-corrected chi connectivity index (χ0v) is 20.0. The molecule has 0 radical (unpaired) electrons. The molecule has 1 saturated heterocycles. The minimum Gasteiger partial charge on any atom is -0.474 e. The molecule has 1 unspecified atom stereocenters. The highest BCUT2D eigenvalue weighted by Crippen LogP contribution is 2.23. The second-order valence-electron chi connectivity index (χ2n) is 7.68. The molecule has 1 atom stereocenters. The van der Waals surface area contributed by atoms with Crippen LogP contribution in [0.1, 0.15) is 42.9 Å².